The molecular weight excluding hydrogens is 376 g/mol. The molecule has 0 aromatic carbocycles. The maximum absolute atomic E-state index is 6.27. The molecule has 110 valence electrons. The van der Waals surface area contributed by atoms with Crippen LogP contribution in [0.2, 0.25) is 0 Å². The highest BCUT2D eigenvalue weighted by Gasteiger charge is 2.20. The number of nitrogens with zero attached hydrogens (tertiary/aromatic N) is 4. The largest absolute Gasteiger partial charge is 0.479 e. The Hall–Kier alpha value is -1.18. The Bertz CT molecular complexity index is 786. The van der Waals surface area contributed by atoms with Crippen LogP contribution in [-0.4, -0.2) is 26.6 Å². The number of thiophene rings is 1. The normalized spacial score (nSPS) is 12.8. The van der Waals surface area contributed by atoms with Crippen molar-refractivity contribution >= 4 is 50.0 Å². The molecule has 0 fully saturated rings. The van der Waals surface area contributed by atoms with E-state index in [1.165, 1.54) is 11.2 Å². The van der Waals surface area contributed by atoms with Crippen LogP contribution in [-0.2, 0) is 6.54 Å². The van der Waals surface area contributed by atoms with Crippen LogP contribution in [0.15, 0.2) is 22.2 Å². The lowest BCUT2D eigenvalue weighted by atomic mass is 10.4. The molecule has 5 nitrogen and oxygen atoms in total. The summed E-state index contributed by atoms with van der Waals surface area (Å²) in [6.07, 6.45) is 1.48. The Morgan fingerprint density at radius 3 is 2.90 bits per heavy atom. The minimum Gasteiger partial charge on any atom is -0.479 e. The summed E-state index contributed by atoms with van der Waals surface area (Å²) in [5.74, 6) is 1.22. The fourth-order valence-electron chi connectivity index (χ4n) is 2.12. The molecule has 1 atom stereocenters. The maximum Gasteiger partial charge on any atom is 0.245 e. The summed E-state index contributed by atoms with van der Waals surface area (Å²) >= 11 is 11.5. The molecule has 3 rings (SSSR count). The number of hydrogen-bond donors (Lipinski definition) is 0. The topological polar surface area (TPSA) is 52.8 Å². The Balaban J connectivity index is 2.19. The molecule has 0 radical (unpaired) electrons. The molecule has 0 N–H and O–H groups in total. The zero-order valence-corrected chi connectivity index (χ0v) is 14.5. The fourth-order valence-corrected chi connectivity index (χ4v) is 3.76. The average Bonchev–Trinajstić information content (AvgIpc) is 3.04. The third kappa shape index (κ3) is 2.65. The maximum atomic E-state index is 6.27. The molecule has 3 aromatic rings. The van der Waals surface area contributed by atoms with Crippen LogP contribution in [0.3, 0.4) is 0 Å². The number of halogens is 2. The first-order valence-electron chi connectivity index (χ1n) is 6.23. The van der Waals surface area contributed by atoms with Crippen LogP contribution in [0.1, 0.15) is 23.0 Å². The van der Waals surface area contributed by atoms with E-state index in [0.29, 0.717) is 17.9 Å². The lowest BCUT2D eigenvalue weighted by Crippen LogP contribution is -2.06. The second-order valence-electron chi connectivity index (χ2n) is 4.42. The van der Waals surface area contributed by atoms with E-state index in [1.807, 2.05) is 22.9 Å². The smallest absolute Gasteiger partial charge is 0.245 e. The van der Waals surface area contributed by atoms with Crippen molar-refractivity contribution in [2.45, 2.75) is 18.8 Å². The molecule has 21 heavy (non-hydrogen) atoms. The van der Waals surface area contributed by atoms with Crippen LogP contribution in [0.25, 0.3) is 11.2 Å². The number of methoxy groups -OCH3 is 1. The predicted molar refractivity (Wildman–Crippen MR) is 87.3 cm³/mol. The summed E-state index contributed by atoms with van der Waals surface area (Å²) in [4.78, 5) is 14.2. The van der Waals surface area contributed by atoms with Gasteiger partial charge in [-0.25, -0.2) is 9.97 Å². The van der Waals surface area contributed by atoms with Crippen LogP contribution >= 0.6 is 38.9 Å². The van der Waals surface area contributed by atoms with Gasteiger partial charge in [0.2, 0.25) is 5.88 Å². The van der Waals surface area contributed by atoms with E-state index in [2.05, 4.69) is 30.9 Å². The van der Waals surface area contributed by atoms with Crippen LogP contribution in [0, 0.1) is 0 Å². The molecule has 0 aliphatic heterocycles. The number of aromatic nitrogens is 4. The minimum atomic E-state index is -0.234. The average molecular weight is 388 g/mol. The summed E-state index contributed by atoms with van der Waals surface area (Å²) in [7, 11) is 1.57. The highest BCUT2D eigenvalue weighted by molar-refractivity contribution is 9.10. The molecule has 0 bridgehead atoms. The van der Waals surface area contributed by atoms with Crippen molar-refractivity contribution in [3.8, 4) is 5.88 Å². The fraction of sp³-hybridized carbons (Fsp3) is 0.308. The van der Waals surface area contributed by atoms with Crippen molar-refractivity contribution in [1.29, 1.82) is 0 Å². The summed E-state index contributed by atoms with van der Waals surface area (Å²) in [6.45, 7) is 2.55. The first-order chi connectivity index (χ1) is 10.1. The summed E-state index contributed by atoms with van der Waals surface area (Å²) in [5, 5.41) is 1.81. The first kappa shape index (κ1) is 14.7. The van der Waals surface area contributed by atoms with E-state index in [1.54, 1.807) is 18.4 Å². The minimum absolute atomic E-state index is 0.234. The summed E-state index contributed by atoms with van der Waals surface area (Å²) in [5.41, 5.74) is 1.36. The van der Waals surface area contributed by atoms with Crippen molar-refractivity contribution in [1.82, 2.24) is 19.5 Å². The SMILES string of the molecule is COc1ncnc2c1nc(C(C)Cl)n2Cc1sccc1Br. The second-order valence-corrected chi connectivity index (χ2v) is 6.93. The van der Waals surface area contributed by atoms with Crippen LogP contribution in [0.4, 0.5) is 0 Å². The Kier molecular flexibility index (Phi) is 4.14. The molecule has 8 heteroatoms. The van der Waals surface area contributed by atoms with E-state index in [0.717, 1.165) is 15.9 Å². The molecule has 3 heterocycles. The van der Waals surface area contributed by atoms with Crippen molar-refractivity contribution in [3.63, 3.8) is 0 Å². The number of ether oxygens (including phenoxy) is 1. The molecule has 0 aliphatic carbocycles. The van der Waals surface area contributed by atoms with Crippen molar-refractivity contribution < 1.29 is 4.74 Å². The summed E-state index contributed by atoms with van der Waals surface area (Å²) < 4.78 is 8.34. The Labute approximate surface area is 139 Å². The number of fused-ring (bicyclic) bond motifs is 1. The first-order valence-corrected chi connectivity index (χ1v) is 8.33. The van der Waals surface area contributed by atoms with Gasteiger partial charge in [-0.3, -0.25) is 0 Å². The van der Waals surface area contributed by atoms with Gasteiger partial charge in [-0.15, -0.1) is 22.9 Å². The second kappa shape index (κ2) is 5.90. The van der Waals surface area contributed by atoms with Gasteiger partial charge < -0.3 is 9.30 Å². The van der Waals surface area contributed by atoms with Gasteiger partial charge in [0.15, 0.2) is 11.2 Å². The highest BCUT2D eigenvalue weighted by atomic mass is 79.9. The quantitative estimate of drug-likeness (QED) is 0.635. The molecule has 0 saturated carbocycles. The van der Waals surface area contributed by atoms with Gasteiger partial charge >= 0.3 is 0 Å². The standard InChI is InChI=1S/C13H12BrClN4OS/c1-7(15)11-18-10-12(16-6-17-13(10)20-2)19(11)5-9-8(14)3-4-21-9/h3-4,6-7H,5H2,1-2H3. The molecule has 0 amide bonds. The molecule has 1 unspecified atom stereocenters. The predicted octanol–water partition coefficient (Wildman–Crippen LogP) is 4.01. The zero-order chi connectivity index (χ0) is 15.0. The van der Waals surface area contributed by atoms with Gasteiger partial charge in [0.25, 0.3) is 0 Å². The highest BCUT2D eigenvalue weighted by Crippen LogP contribution is 2.30. The lowest BCUT2D eigenvalue weighted by molar-refractivity contribution is 0.401. The Morgan fingerprint density at radius 1 is 1.48 bits per heavy atom. The van der Waals surface area contributed by atoms with E-state index in [4.69, 9.17) is 16.3 Å². The van der Waals surface area contributed by atoms with E-state index >= 15 is 0 Å². The van der Waals surface area contributed by atoms with E-state index in [9.17, 15) is 0 Å². The van der Waals surface area contributed by atoms with Crippen molar-refractivity contribution in [2.75, 3.05) is 7.11 Å². The van der Waals surface area contributed by atoms with Gasteiger partial charge in [-0.05, 0) is 34.3 Å². The van der Waals surface area contributed by atoms with Crippen molar-refractivity contribution in [2.24, 2.45) is 0 Å². The zero-order valence-electron chi connectivity index (χ0n) is 11.4. The van der Waals surface area contributed by atoms with E-state index < -0.39 is 0 Å². The third-order valence-electron chi connectivity index (χ3n) is 3.07. The Morgan fingerprint density at radius 2 is 2.29 bits per heavy atom. The van der Waals surface area contributed by atoms with Crippen molar-refractivity contribution in [3.05, 3.63) is 32.9 Å². The van der Waals surface area contributed by atoms with Gasteiger partial charge in [0.1, 0.15) is 12.2 Å². The summed E-state index contributed by atoms with van der Waals surface area (Å²) in [6, 6.07) is 2.03. The molecule has 0 saturated heterocycles. The van der Waals surface area contributed by atoms with Gasteiger partial charge in [-0.2, -0.15) is 4.98 Å². The number of alkyl halides is 1. The monoisotopic (exact) mass is 386 g/mol. The van der Waals surface area contributed by atoms with E-state index in [-0.39, 0.29) is 5.38 Å². The molecule has 0 spiro atoms. The molecular formula is C13H12BrClN4OS. The molecule has 3 aromatic heterocycles. The van der Waals surface area contributed by atoms with Gasteiger partial charge in [-0.1, -0.05) is 0 Å². The van der Waals surface area contributed by atoms with Gasteiger partial charge in [0.05, 0.1) is 19.0 Å². The number of rotatable bonds is 4. The van der Waals surface area contributed by atoms with Crippen LogP contribution < -0.4 is 4.74 Å². The lowest BCUT2D eigenvalue weighted by Gasteiger charge is -2.09. The van der Waals surface area contributed by atoms with Gasteiger partial charge in [0, 0.05) is 9.35 Å². The third-order valence-corrected chi connectivity index (χ3v) is 5.18. The van der Waals surface area contributed by atoms with Crippen LogP contribution in [0.5, 0.6) is 5.88 Å². The number of hydrogen-bond acceptors (Lipinski definition) is 5. The number of imidazole rings is 1. The molecule has 0 aliphatic rings.